The van der Waals surface area contributed by atoms with Crippen molar-refractivity contribution in [2.24, 2.45) is 0 Å². The van der Waals surface area contributed by atoms with Gasteiger partial charge in [-0.05, 0) is 37.3 Å². The number of ether oxygens (including phenoxy) is 2. The summed E-state index contributed by atoms with van der Waals surface area (Å²) in [5, 5.41) is 0. The van der Waals surface area contributed by atoms with Crippen LogP contribution in [0.5, 0.6) is 11.5 Å². The number of fused-ring (bicyclic) bond motifs is 1. The average molecular weight is 353 g/mol. The lowest BCUT2D eigenvalue weighted by molar-refractivity contribution is 0.297. The summed E-state index contributed by atoms with van der Waals surface area (Å²) in [6.45, 7) is 3.47. The third-order valence-electron chi connectivity index (χ3n) is 3.96. The topological polar surface area (TPSA) is 44.5 Å². The van der Waals surface area contributed by atoms with Gasteiger partial charge < -0.3 is 13.9 Å². The number of hydrogen-bond acceptors (Lipinski definition) is 5. The molecule has 0 aliphatic carbocycles. The van der Waals surface area contributed by atoms with E-state index in [0.29, 0.717) is 19.1 Å². The van der Waals surface area contributed by atoms with E-state index in [-0.39, 0.29) is 0 Å². The predicted molar refractivity (Wildman–Crippen MR) is 98.3 cm³/mol. The zero-order valence-corrected chi connectivity index (χ0v) is 14.8. The lowest BCUT2D eigenvalue weighted by atomic mass is 10.1. The highest BCUT2D eigenvalue weighted by atomic mass is 32.2. The smallest absolute Gasteiger partial charge is 0.226 e. The van der Waals surface area contributed by atoms with Gasteiger partial charge in [-0.3, -0.25) is 0 Å². The molecule has 0 radical (unpaired) electrons. The molecule has 1 aliphatic rings. The van der Waals surface area contributed by atoms with Gasteiger partial charge in [0.1, 0.15) is 6.26 Å². The van der Waals surface area contributed by atoms with E-state index < -0.39 is 0 Å². The number of rotatable bonds is 4. The van der Waals surface area contributed by atoms with Crippen LogP contribution in [0.2, 0.25) is 0 Å². The molecule has 0 fully saturated rings. The molecule has 4 rings (SSSR count). The molecule has 2 aromatic carbocycles. The Hall–Kier alpha value is -2.40. The molecule has 0 saturated carbocycles. The van der Waals surface area contributed by atoms with Crippen LogP contribution in [0.15, 0.2) is 58.0 Å². The maximum absolute atomic E-state index is 5.74. The Morgan fingerprint density at radius 1 is 1.00 bits per heavy atom. The Kier molecular flexibility index (Phi) is 4.65. The molecule has 0 saturated heterocycles. The third kappa shape index (κ3) is 3.82. The van der Waals surface area contributed by atoms with Gasteiger partial charge in [-0.1, -0.05) is 17.7 Å². The van der Waals surface area contributed by atoms with E-state index in [1.807, 2.05) is 24.3 Å². The quantitative estimate of drug-likeness (QED) is 0.610. The van der Waals surface area contributed by atoms with Crippen LogP contribution in [-0.4, -0.2) is 18.2 Å². The Labute approximate surface area is 151 Å². The van der Waals surface area contributed by atoms with Gasteiger partial charge in [0.05, 0.1) is 18.9 Å². The molecule has 1 aromatic heterocycles. The SMILES string of the molecule is Cc1ccc(-c2nc(CSc3ccc4c(c3)OCCCO4)co2)cc1. The van der Waals surface area contributed by atoms with Crippen LogP contribution in [0.1, 0.15) is 17.7 Å². The zero-order valence-electron chi connectivity index (χ0n) is 14.0. The van der Waals surface area contributed by atoms with E-state index in [2.05, 4.69) is 30.1 Å². The maximum Gasteiger partial charge on any atom is 0.226 e. The monoisotopic (exact) mass is 353 g/mol. The van der Waals surface area contributed by atoms with Gasteiger partial charge in [-0.15, -0.1) is 11.8 Å². The first kappa shape index (κ1) is 16.1. The molecule has 25 heavy (non-hydrogen) atoms. The predicted octanol–water partition coefficient (Wildman–Crippen LogP) is 5.10. The molecule has 128 valence electrons. The van der Waals surface area contributed by atoms with Crippen molar-refractivity contribution < 1.29 is 13.9 Å². The van der Waals surface area contributed by atoms with Crippen LogP contribution in [0.4, 0.5) is 0 Å². The molecule has 0 N–H and O–H groups in total. The minimum Gasteiger partial charge on any atom is -0.490 e. The number of nitrogens with zero attached hydrogens (tertiary/aromatic N) is 1. The largest absolute Gasteiger partial charge is 0.490 e. The summed E-state index contributed by atoms with van der Waals surface area (Å²) in [5.41, 5.74) is 3.14. The maximum atomic E-state index is 5.74. The second-order valence-corrected chi connectivity index (χ2v) is 7.01. The van der Waals surface area contributed by atoms with Gasteiger partial charge in [-0.25, -0.2) is 4.98 Å². The summed E-state index contributed by atoms with van der Waals surface area (Å²) >= 11 is 1.71. The molecule has 0 unspecified atom stereocenters. The first-order valence-corrected chi connectivity index (χ1v) is 9.30. The van der Waals surface area contributed by atoms with Crippen molar-refractivity contribution in [3.63, 3.8) is 0 Å². The Morgan fingerprint density at radius 3 is 2.64 bits per heavy atom. The number of hydrogen-bond donors (Lipinski definition) is 0. The summed E-state index contributed by atoms with van der Waals surface area (Å²) < 4.78 is 17.0. The number of oxazole rings is 1. The minimum absolute atomic E-state index is 0.661. The molecule has 1 aliphatic heterocycles. The van der Waals surface area contributed by atoms with Crippen molar-refractivity contribution in [2.45, 2.75) is 24.0 Å². The fraction of sp³-hybridized carbons (Fsp3) is 0.250. The lowest BCUT2D eigenvalue weighted by Crippen LogP contribution is -1.97. The van der Waals surface area contributed by atoms with E-state index in [9.17, 15) is 0 Å². The molecular formula is C20H19NO3S. The Morgan fingerprint density at radius 2 is 1.80 bits per heavy atom. The van der Waals surface area contributed by atoms with Crippen LogP contribution in [0.25, 0.3) is 11.5 Å². The number of aromatic nitrogens is 1. The summed E-state index contributed by atoms with van der Waals surface area (Å²) in [4.78, 5) is 5.71. The average Bonchev–Trinajstić information content (AvgIpc) is 2.98. The zero-order chi connectivity index (χ0) is 17.1. The van der Waals surface area contributed by atoms with Crippen molar-refractivity contribution in [1.29, 1.82) is 0 Å². The molecule has 2 heterocycles. The van der Waals surface area contributed by atoms with Crippen molar-refractivity contribution in [3.8, 4) is 23.0 Å². The lowest BCUT2D eigenvalue weighted by Gasteiger charge is -2.08. The van der Waals surface area contributed by atoms with Gasteiger partial charge in [0.15, 0.2) is 11.5 Å². The third-order valence-corrected chi connectivity index (χ3v) is 4.98. The standard InChI is InChI=1S/C20H19NO3S/c1-14-3-5-15(6-4-14)20-21-16(12-24-20)13-25-17-7-8-18-19(11-17)23-10-2-9-22-18/h3-8,11-12H,2,9-10,13H2,1H3. The Bertz CT molecular complexity index is 858. The molecule has 5 heteroatoms. The highest BCUT2D eigenvalue weighted by Gasteiger charge is 2.12. The van der Waals surface area contributed by atoms with E-state index >= 15 is 0 Å². The second-order valence-electron chi connectivity index (χ2n) is 5.96. The van der Waals surface area contributed by atoms with Gasteiger partial charge in [0.25, 0.3) is 0 Å². The van der Waals surface area contributed by atoms with Gasteiger partial charge in [-0.2, -0.15) is 0 Å². The van der Waals surface area contributed by atoms with Gasteiger partial charge in [0.2, 0.25) is 5.89 Å². The highest BCUT2D eigenvalue weighted by molar-refractivity contribution is 7.98. The first-order chi connectivity index (χ1) is 12.3. The van der Waals surface area contributed by atoms with E-state index in [1.54, 1.807) is 18.0 Å². The number of aryl methyl sites for hydroxylation is 1. The van der Waals surface area contributed by atoms with Gasteiger partial charge in [0, 0.05) is 22.6 Å². The highest BCUT2D eigenvalue weighted by Crippen LogP contribution is 2.35. The number of thioether (sulfide) groups is 1. The van der Waals surface area contributed by atoms with Crippen LogP contribution >= 0.6 is 11.8 Å². The fourth-order valence-corrected chi connectivity index (χ4v) is 3.39. The normalized spacial score (nSPS) is 13.5. The minimum atomic E-state index is 0.661. The van der Waals surface area contributed by atoms with Crippen LogP contribution < -0.4 is 9.47 Å². The molecule has 0 bridgehead atoms. The molecule has 4 nitrogen and oxygen atoms in total. The van der Waals surface area contributed by atoms with Crippen LogP contribution in [0.3, 0.4) is 0 Å². The summed E-state index contributed by atoms with van der Waals surface area (Å²) in [6, 6.07) is 14.2. The van der Waals surface area contributed by atoms with Crippen molar-refractivity contribution in [1.82, 2.24) is 4.98 Å². The van der Waals surface area contributed by atoms with Crippen molar-refractivity contribution >= 4 is 11.8 Å². The van der Waals surface area contributed by atoms with Gasteiger partial charge >= 0.3 is 0 Å². The summed E-state index contributed by atoms with van der Waals surface area (Å²) in [5.74, 6) is 3.05. The van der Waals surface area contributed by atoms with Crippen LogP contribution in [-0.2, 0) is 5.75 Å². The van der Waals surface area contributed by atoms with Crippen molar-refractivity contribution in [2.75, 3.05) is 13.2 Å². The molecule has 0 amide bonds. The van der Waals surface area contributed by atoms with E-state index in [4.69, 9.17) is 13.9 Å². The van der Waals surface area contributed by atoms with E-state index in [0.717, 1.165) is 39.8 Å². The first-order valence-electron chi connectivity index (χ1n) is 8.32. The summed E-state index contributed by atoms with van der Waals surface area (Å²) in [6.07, 6.45) is 2.64. The van der Waals surface area contributed by atoms with Crippen LogP contribution in [0, 0.1) is 6.92 Å². The molecule has 0 atom stereocenters. The molecular weight excluding hydrogens is 334 g/mol. The Balaban J connectivity index is 1.43. The molecule has 3 aromatic rings. The molecule has 0 spiro atoms. The fourth-order valence-electron chi connectivity index (χ4n) is 2.59. The second kappa shape index (κ2) is 7.23. The van der Waals surface area contributed by atoms with Crippen molar-refractivity contribution in [3.05, 3.63) is 60.0 Å². The van der Waals surface area contributed by atoms with E-state index in [1.165, 1.54) is 5.56 Å². The number of benzene rings is 2. The summed E-state index contributed by atoms with van der Waals surface area (Å²) in [7, 11) is 0.